The molecule has 0 saturated heterocycles. The number of rotatable bonds is 7. The van der Waals surface area contributed by atoms with Gasteiger partial charge in [-0.15, -0.1) is 5.10 Å². The average molecular weight is 492 g/mol. The van der Waals surface area contributed by atoms with Crippen molar-refractivity contribution in [2.45, 2.75) is 31.8 Å². The van der Waals surface area contributed by atoms with Crippen molar-refractivity contribution < 1.29 is 23.8 Å². The number of hydrogen-bond acceptors (Lipinski definition) is 9. The molecule has 0 unspecified atom stereocenters. The Morgan fingerprint density at radius 1 is 1.30 bits per heavy atom. The first kappa shape index (κ1) is 21.9. The van der Waals surface area contributed by atoms with E-state index in [0.29, 0.717) is 17.5 Å². The zero-order valence-electron chi connectivity index (χ0n) is 17.7. The van der Waals surface area contributed by atoms with Crippen molar-refractivity contribution in [3.63, 3.8) is 0 Å². The minimum absolute atomic E-state index is 0.00893. The smallest absolute Gasteiger partial charge is 0.295 e. The van der Waals surface area contributed by atoms with Gasteiger partial charge in [-0.2, -0.15) is 0 Å². The van der Waals surface area contributed by atoms with E-state index in [4.69, 9.17) is 21.1 Å². The van der Waals surface area contributed by atoms with Gasteiger partial charge in [-0.05, 0) is 43.6 Å². The quantitative estimate of drug-likeness (QED) is 0.481. The third-order valence-electron chi connectivity index (χ3n) is 5.96. The molecule has 3 fully saturated rings. The Morgan fingerprint density at radius 3 is 2.76 bits per heavy atom. The second-order valence-corrected chi connectivity index (χ2v) is 9.85. The van der Waals surface area contributed by atoms with Crippen LogP contribution in [0.3, 0.4) is 0 Å². The topological polar surface area (TPSA) is 119 Å². The van der Waals surface area contributed by atoms with E-state index in [9.17, 15) is 14.3 Å². The molecule has 3 aliphatic carbocycles. The van der Waals surface area contributed by atoms with Gasteiger partial charge in [0.25, 0.3) is 11.1 Å². The van der Waals surface area contributed by atoms with Gasteiger partial charge < -0.3 is 14.6 Å². The fraction of sp³-hybridized carbons (Fsp3) is 0.381. The number of carbonyl (C=O) groups excluding carboxylic acids is 1. The van der Waals surface area contributed by atoms with Crippen LogP contribution < -0.4 is 14.8 Å². The van der Waals surface area contributed by atoms with Crippen LogP contribution in [0.1, 0.15) is 35.3 Å². The predicted molar refractivity (Wildman–Crippen MR) is 118 cm³/mol. The molecule has 3 aliphatic rings. The minimum Gasteiger partial charge on any atom is -0.494 e. The Kier molecular flexibility index (Phi) is 5.22. The van der Waals surface area contributed by atoms with Gasteiger partial charge in [0.05, 0.1) is 36.6 Å². The zero-order chi connectivity index (χ0) is 23.4. The number of aryl methyl sites for hydroxylation is 1. The molecular weight excluding hydrogens is 473 g/mol. The van der Waals surface area contributed by atoms with Gasteiger partial charge in [-0.1, -0.05) is 16.7 Å². The molecule has 3 aromatic rings. The van der Waals surface area contributed by atoms with Gasteiger partial charge in [0, 0.05) is 22.9 Å². The molecule has 33 heavy (non-hydrogen) atoms. The summed E-state index contributed by atoms with van der Waals surface area (Å²) >= 11 is 6.96. The number of methoxy groups -OCH3 is 1. The fourth-order valence-electron chi connectivity index (χ4n) is 4.59. The van der Waals surface area contributed by atoms with Gasteiger partial charge in [-0.3, -0.25) is 15.1 Å². The predicted octanol–water partition coefficient (Wildman–Crippen LogP) is 3.65. The Hall–Kier alpha value is -2.89. The van der Waals surface area contributed by atoms with Crippen molar-refractivity contribution >= 4 is 34.0 Å². The van der Waals surface area contributed by atoms with E-state index >= 15 is 0 Å². The molecule has 6 rings (SSSR count). The highest BCUT2D eigenvalue weighted by molar-refractivity contribution is 7.17. The number of anilines is 1. The minimum atomic E-state index is -0.805. The standard InChI is InChI=1S/C21H19ClFN5O4S/c1-10-3-11(14-13(31-2)5-25-16(22)15(14)23)12(4-24-10)17(29)26-18-27-28-19(33-18)32-9-20-6-21(30,7-20)8-20/h3-5,30H,6-9H2,1-2H3,(H,26,27,29). The van der Waals surface area contributed by atoms with E-state index in [1.165, 1.54) is 19.5 Å². The molecule has 0 atom stereocenters. The summed E-state index contributed by atoms with van der Waals surface area (Å²) in [5.41, 5.74) is 0.461. The van der Waals surface area contributed by atoms with Crippen molar-refractivity contribution in [1.82, 2.24) is 20.2 Å². The van der Waals surface area contributed by atoms with Crippen LogP contribution in [-0.2, 0) is 0 Å². The molecule has 2 N–H and O–H groups in total. The third kappa shape index (κ3) is 3.90. The summed E-state index contributed by atoms with van der Waals surface area (Å²) in [4.78, 5) is 21.0. The van der Waals surface area contributed by atoms with Gasteiger partial charge in [0.15, 0.2) is 11.0 Å². The number of ether oxygens (including phenoxy) is 2. The summed E-state index contributed by atoms with van der Waals surface area (Å²) in [6.45, 7) is 2.17. The van der Waals surface area contributed by atoms with E-state index < -0.39 is 17.3 Å². The first-order valence-electron chi connectivity index (χ1n) is 10.1. The molecule has 0 spiro atoms. The number of amides is 1. The Bertz CT molecular complexity index is 1250. The number of pyridine rings is 2. The second-order valence-electron chi connectivity index (χ2n) is 8.55. The number of carbonyl (C=O) groups is 1. The van der Waals surface area contributed by atoms with E-state index in [0.717, 1.165) is 30.6 Å². The molecule has 1 amide bonds. The third-order valence-corrected chi connectivity index (χ3v) is 6.97. The van der Waals surface area contributed by atoms with Crippen molar-refractivity contribution in [2.75, 3.05) is 19.0 Å². The Balaban J connectivity index is 1.36. The summed E-state index contributed by atoms with van der Waals surface area (Å²) < 4.78 is 25.9. The highest BCUT2D eigenvalue weighted by Crippen LogP contribution is 2.67. The number of nitrogens with one attached hydrogen (secondary N) is 1. The number of aromatic nitrogens is 4. The fourth-order valence-corrected chi connectivity index (χ4v) is 5.32. The molecule has 12 heteroatoms. The lowest BCUT2D eigenvalue weighted by Gasteiger charge is -2.67. The van der Waals surface area contributed by atoms with Crippen LogP contribution in [0.15, 0.2) is 18.5 Å². The van der Waals surface area contributed by atoms with Crippen LogP contribution in [0.4, 0.5) is 9.52 Å². The molecular formula is C21H19ClFN5O4S. The van der Waals surface area contributed by atoms with Crippen molar-refractivity contribution in [2.24, 2.45) is 5.41 Å². The first-order chi connectivity index (χ1) is 15.7. The number of hydrogen-bond donors (Lipinski definition) is 2. The molecule has 172 valence electrons. The summed E-state index contributed by atoms with van der Waals surface area (Å²) in [5.74, 6) is -1.24. The molecule has 3 aromatic heterocycles. The SMILES string of the molecule is COc1cnc(Cl)c(F)c1-c1cc(C)ncc1C(=O)Nc1nnc(OCC23CC(O)(C2)C3)s1. The summed E-state index contributed by atoms with van der Waals surface area (Å²) in [6, 6.07) is 1.57. The summed E-state index contributed by atoms with van der Waals surface area (Å²) in [5, 5.41) is 20.6. The molecule has 3 heterocycles. The monoisotopic (exact) mass is 491 g/mol. The van der Waals surface area contributed by atoms with E-state index in [2.05, 4.69) is 25.5 Å². The Labute approximate surface area is 197 Å². The molecule has 0 radical (unpaired) electrons. The Morgan fingerprint density at radius 2 is 2.06 bits per heavy atom. The molecule has 9 nitrogen and oxygen atoms in total. The lowest BCUT2D eigenvalue weighted by molar-refractivity contribution is -0.269. The van der Waals surface area contributed by atoms with Crippen molar-refractivity contribution in [1.29, 1.82) is 0 Å². The number of nitrogens with zero attached hydrogens (tertiary/aromatic N) is 4. The largest absolute Gasteiger partial charge is 0.494 e. The first-order valence-corrected chi connectivity index (χ1v) is 11.3. The highest BCUT2D eigenvalue weighted by Gasteiger charge is 2.67. The van der Waals surface area contributed by atoms with Crippen LogP contribution >= 0.6 is 22.9 Å². The zero-order valence-corrected chi connectivity index (χ0v) is 19.3. The maximum Gasteiger partial charge on any atom is 0.295 e. The van der Waals surface area contributed by atoms with Crippen LogP contribution in [-0.4, -0.2) is 50.5 Å². The average Bonchev–Trinajstić information content (AvgIpc) is 3.18. The lowest BCUT2D eigenvalue weighted by Crippen LogP contribution is -2.69. The summed E-state index contributed by atoms with van der Waals surface area (Å²) in [6.07, 6.45) is 4.86. The van der Waals surface area contributed by atoms with Crippen LogP contribution in [0, 0.1) is 18.2 Å². The van der Waals surface area contributed by atoms with Crippen LogP contribution in [0.25, 0.3) is 11.1 Å². The maximum absolute atomic E-state index is 14.9. The van der Waals surface area contributed by atoms with Crippen molar-refractivity contribution in [3.8, 4) is 22.1 Å². The number of aliphatic hydroxyl groups is 1. The van der Waals surface area contributed by atoms with Gasteiger partial charge >= 0.3 is 0 Å². The molecule has 2 bridgehead atoms. The van der Waals surface area contributed by atoms with E-state index in [-0.39, 0.29) is 38.1 Å². The van der Waals surface area contributed by atoms with E-state index in [1.807, 2.05) is 0 Å². The molecule has 3 saturated carbocycles. The van der Waals surface area contributed by atoms with Crippen LogP contribution in [0.2, 0.25) is 5.15 Å². The maximum atomic E-state index is 14.9. The van der Waals surface area contributed by atoms with Gasteiger partial charge in [-0.25, -0.2) is 9.37 Å². The molecule has 0 aliphatic heterocycles. The summed E-state index contributed by atoms with van der Waals surface area (Å²) in [7, 11) is 1.37. The highest BCUT2D eigenvalue weighted by atomic mass is 35.5. The van der Waals surface area contributed by atoms with Crippen LogP contribution in [0.5, 0.6) is 10.9 Å². The van der Waals surface area contributed by atoms with Gasteiger partial charge in [0.1, 0.15) is 5.75 Å². The van der Waals surface area contributed by atoms with E-state index in [1.54, 1.807) is 13.0 Å². The lowest BCUT2D eigenvalue weighted by atomic mass is 9.41. The van der Waals surface area contributed by atoms with Gasteiger partial charge in [0.2, 0.25) is 5.13 Å². The molecule has 0 aromatic carbocycles. The normalized spacial score (nSPS) is 22.8. The second kappa shape index (κ2) is 7.86. The van der Waals surface area contributed by atoms with Crippen molar-refractivity contribution in [3.05, 3.63) is 40.7 Å². The number of halogens is 2.